The molecule has 6 nitrogen and oxygen atoms in total. The number of nitrogens with one attached hydrogen (secondary N) is 1. The van der Waals surface area contributed by atoms with E-state index in [-0.39, 0.29) is 5.56 Å². The third-order valence-electron chi connectivity index (χ3n) is 4.28. The third-order valence-corrected chi connectivity index (χ3v) is 5.34. The summed E-state index contributed by atoms with van der Waals surface area (Å²) in [5.74, 6) is 0.668. The largest absolute Gasteiger partial charge is 0.329 e. The van der Waals surface area contributed by atoms with Gasteiger partial charge >= 0.3 is 5.69 Å². The molecule has 0 amide bonds. The number of hydrogen-bond acceptors (Lipinski definition) is 4. The number of thioether (sulfide) groups is 1. The number of hydrogen-bond donors (Lipinski definition) is 1. The number of unbranched alkanes of at least 4 members (excludes halogenated alkanes) is 5. The second-order valence-electron chi connectivity index (χ2n) is 6.41. The Morgan fingerprint density at radius 3 is 2.62 bits per heavy atom. The van der Waals surface area contributed by atoms with Gasteiger partial charge in [-0.2, -0.15) is 0 Å². The topological polar surface area (TPSA) is 72.7 Å². The van der Waals surface area contributed by atoms with Crippen LogP contribution in [-0.4, -0.2) is 24.9 Å². The fourth-order valence-electron chi connectivity index (χ4n) is 2.81. The van der Waals surface area contributed by atoms with Crippen LogP contribution in [0.3, 0.4) is 0 Å². The summed E-state index contributed by atoms with van der Waals surface area (Å²) in [4.78, 5) is 31.2. The number of nitrogens with zero attached hydrogens (tertiary/aromatic N) is 3. The van der Waals surface area contributed by atoms with E-state index in [0.29, 0.717) is 16.9 Å². The smallest absolute Gasteiger partial charge is 0.313 e. The molecule has 0 bridgehead atoms. The molecule has 8 heteroatoms. The van der Waals surface area contributed by atoms with Gasteiger partial charge in [0.15, 0.2) is 16.3 Å². The van der Waals surface area contributed by atoms with Crippen molar-refractivity contribution in [1.82, 2.24) is 19.1 Å². The predicted octanol–water partition coefficient (Wildman–Crippen LogP) is 4.02. The van der Waals surface area contributed by atoms with Crippen molar-refractivity contribution in [3.8, 4) is 0 Å². The standard InChI is InChI=1S/C18H27ClN4O2S/c1-4-5-6-7-8-9-11-23-14-15(22(3)17(25)21-16(14)24)20-18(23)26-12-10-13(2)19/h10H,4-9,11-12H2,1-3H3,(H,21,24,25). The molecule has 26 heavy (non-hydrogen) atoms. The van der Waals surface area contributed by atoms with Crippen LogP contribution in [0.2, 0.25) is 0 Å². The highest BCUT2D eigenvalue weighted by Crippen LogP contribution is 2.23. The quantitative estimate of drug-likeness (QED) is 0.484. The fraction of sp³-hybridized carbons (Fsp3) is 0.611. The van der Waals surface area contributed by atoms with E-state index in [0.717, 1.165) is 29.6 Å². The molecule has 0 saturated heterocycles. The summed E-state index contributed by atoms with van der Waals surface area (Å²) in [6.45, 7) is 4.75. The first kappa shape index (κ1) is 20.8. The predicted molar refractivity (Wildman–Crippen MR) is 109 cm³/mol. The van der Waals surface area contributed by atoms with Gasteiger partial charge in [0, 0.05) is 24.4 Å². The highest BCUT2D eigenvalue weighted by atomic mass is 35.5. The molecule has 0 aromatic carbocycles. The van der Waals surface area contributed by atoms with Crippen LogP contribution in [0.1, 0.15) is 52.4 Å². The van der Waals surface area contributed by atoms with Crippen LogP contribution in [0.15, 0.2) is 25.9 Å². The van der Waals surface area contributed by atoms with E-state index in [1.165, 1.54) is 42.0 Å². The highest BCUT2D eigenvalue weighted by Gasteiger charge is 2.17. The average Bonchev–Trinajstić information content (AvgIpc) is 2.95. The summed E-state index contributed by atoms with van der Waals surface area (Å²) in [6.07, 6.45) is 8.95. The Hall–Kier alpha value is -1.47. The minimum atomic E-state index is -0.445. The van der Waals surface area contributed by atoms with Crippen molar-refractivity contribution in [2.75, 3.05) is 5.75 Å². The van der Waals surface area contributed by atoms with Crippen molar-refractivity contribution in [2.24, 2.45) is 7.05 Å². The van der Waals surface area contributed by atoms with Gasteiger partial charge in [0.2, 0.25) is 0 Å². The molecule has 1 N–H and O–H groups in total. The van der Waals surface area contributed by atoms with Crippen LogP contribution < -0.4 is 11.2 Å². The Bertz CT molecular complexity index is 878. The lowest BCUT2D eigenvalue weighted by atomic mass is 10.1. The van der Waals surface area contributed by atoms with Crippen molar-refractivity contribution in [2.45, 2.75) is 64.1 Å². The van der Waals surface area contributed by atoms with E-state index < -0.39 is 5.69 Å². The number of rotatable bonds is 10. The molecule has 2 aromatic rings. The Balaban J connectivity index is 2.27. The summed E-state index contributed by atoms with van der Waals surface area (Å²) >= 11 is 7.42. The molecular formula is C18H27ClN4O2S. The van der Waals surface area contributed by atoms with Gasteiger partial charge in [0.25, 0.3) is 5.56 Å². The number of aryl methyl sites for hydroxylation is 2. The molecule has 0 aliphatic heterocycles. The van der Waals surface area contributed by atoms with E-state index in [9.17, 15) is 9.59 Å². The zero-order chi connectivity index (χ0) is 19.1. The van der Waals surface area contributed by atoms with Gasteiger partial charge in [-0.1, -0.05) is 68.5 Å². The first-order valence-electron chi connectivity index (χ1n) is 9.10. The maximum Gasteiger partial charge on any atom is 0.329 e. The van der Waals surface area contributed by atoms with Gasteiger partial charge in [0.1, 0.15) is 0 Å². The van der Waals surface area contributed by atoms with E-state index in [1.807, 2.05) is 17.6 Å². The minimum absolute atomic E-state index is 0.377. The second-order valence-corrected chi connectivity index (χ2v) is 7.99. The maximum absolute atomic E-state index is 12.4. The minimum Gasteiger partial charge on any atom is -0.313 e. The molecule has 0 spiro atoms. The average molecular weight is 399 g/mol. The first-order chi connectivity index (χ1) is 12.5. The van der Waals surface area contributed by atoms with Gasteiger partial charge in [-0.15, -0.1) is 0 Å². The monoisotopic (exact) mass is 398 g/mol. The maximum atomic E-state index is 12.4. The lowest BCUT2D eigenvalue weighted by molar-refractivity contribution is 0.544. The van der Waals surface area contributed by atoms with Crippen molar-refractivity contribution in [3.05, 3.63) is 31.9 Å². The number of fused-ring (bicyclic) bond motifs is 1. The summed E-state index contributed by atoms with van der Waals surface area (Å²) in [5, 5.41) is 1.47. The molecule has 2 aromatic heterocycles. The molecule has 2 heterocycles. The van der Waals surface area contributed by atoms with E-state index in [2.05, 4.69) is 16.9 Å². The zero-order valence-corrected chi connectivity index (χ0v) is 17.3. The normalized spacial score (nSPS) is 12.2. The van der Waals surface area contributed by atoms with E-state index in [4.69, 9.17) is 11.6 Å². The Kier molecular flexibility index (Phi) is 8.03. The number of imidazole rings is 1. The number of aromatic nitrogens is 4. The van der Waals surface area contributed by atoms with Crippen LogP contribution in [0.4, 0.5) is 0 Å². The number of halogens is 1. The molecule has 0 aliphatic carbocycles. The SMILES string of the molecule is CCCCCCCCn1c(SCC=C(C)Cl)nc2c1c(=O)[nH]c(=O)n2C. The molecule has 0 atom stereocenters. The van der Waals surface area contributed by atoms with Gasteiger partial charge < -0.3 is 4.57 Å². The van der Waals surface area contributed by atoms with Gasteiger partial charge in [-0.3, -0.25) is 14.3 Å². The van der Waals surface area contributed by atoms with Crippen molar-refractivity contribution >= 4 is 34.5 Å². The summed E-state index contributed by atoms with van der Waals surface area (Å²) in [5.41, 5.74) is 0.0748. The van der Waals surface area contributed by atoms with E-state index >= 15 is 0 Å². The molecule has 0 saturated carbocycles. The number of allylic oxidation sites excluding steroid dienone is 1. The summed E-state index contributed by atoms with van der Waals surface area (Å²) < 4.78 is 3.33. The van der Waals surface area contributed by atoms with Gasteiger partial charge in [0.05, 0.1) is 0 Å². The van der Waals surface area contributed by atoms with Crippen molar-refractivity contribution in [3.63, 3.8) is 0 Å². The lowest BCUT2D eigenvalue weighted by Crippen LogP contribution is -2.29. The molecule has 0 aliphatic rings. The Labute approximate surface area is 162 Å². The zero-order valence-electron chi connectivity index (χ0n) is 15.7. The highest BCUT2D eigenvalue weighted by molar-refractivity contribution is 7.99. The third kappa shape index (κ3) is 5.27. The first-order valence-corrected chi connectivity index (χ1v) is 10.5. The lowest BCUT2D eigenvalue weighted by Gasteiger charge is -2.08. The van der Waals surface area contributed by atoms with Crippen LogP contribution in [-0.2, 0) is 13.6 Å². The van der Waals surface area contributed by atoms with Crippen molar-refractivity contribution in [1.29, 1.82) is 0 Å². The van der Waals surface area contributed by atoms with Gasteiger partial charge in [-0.25, -0.2) is 9.78 Å². The Morgan fingerprint density at radius 2 is 1.92 bits per heavy atom. The summed E-state index contributed by atoms with van der Waals surface area (Å²) in [6, 6.07) is 0. The molecular weight excluding hydrogens is 372 g/mol. The van der Waals surface area contributed by atoms with Crippen LogP contribution >= 0.6 is 23.4 Å². The number of aromatic amines is 1. The van der Waals surface area contributed by atoms with Crippen LogP contribution in [0.25, 0.3) is 11.2 Å². The molecule has 0 unspecified atom stereocenters. The van der Waals surface area contributed by atoms with Gasteiger partial charge in [-0.05, 0) is 13.3 Å². The van der Waals surface area contributed by atoms with Crippen LogP contribution in [0.5, 0.6) is 0 Å². The summed E-state index contributed by atoms with van der Waals surface area (Å²) in [7, 11) is 1.62. The molecule has 144 valence electrons. The fourth-order valence-corrected chi connectivity index (χ4v) is 3.95. The van der Waals surface area contributed by atoms with Crippen molar-refractivity contribution < 1.29 is 0 Å². The molecule has 2 rings (SSSR count). The molecule has 0 radical (unpaired) electrons. The second kappa shape index (κ2) is 10.0. The van der Waals surface area contributed by atoms with E-state index in [1.54, 1.807) is 7.05 Å². The number of H-pyrrole nitrogens is 1. The Morgan fingerprint density at radius 1 is 1.23 bits per heavy atom. The van der Waals surface area contributed by atoms with Crippen LogP contribution in [0, 0.1) is 0 Å². The molecule has 0 fully saturated rings.